The summed E-state index contributed by atoms with van der Waals surface area (Å²) in [4.78, 5) is 4.38. The lowest BCUT2D eigenvalue weighted by Crippen LogP contribution is -2.35. The maximum Gasteiger partial charge on any atom is 0.0940 e. The van der Waals surface area contributed by atoms with E-state index >= 15 is 0 Å². The Morgan fingerprint density at radius 3 is 2.75 bits per heavy atom. The first-order valence-electron chi connectivity index (χ1n) is 4.61. The third kappa shape index (κ3) is 2.48. The lowest BCUT2D eigenvalue weighted by molar-refractivity contribution is 0.0284. The van der Waals surface area contributed by atoms with Crippen molar-refractivity contribution in [3.63, 3.8) is 0 Å². The fourth-order valence-electron chi connectivity index (χ4n) is 1.39. The Morgan fingerprint density at radius 2 is 2.25 bits per heavy atom. The Bertz CT molecular complexity index is 162. The number of hydrogen-bond donors (Lipinski definition) is 1. The number of nitrogens with two attached hydrogens (primary N) is 1. The van der Waals surface area contributed by atoms with Crippen LogP contribution in [0, 0.1) is 0 Å². The van der Waals surface area contributed by atoms with Crippen molar-refractivity contribution in [3.8, 4) is 0 Å². The highest BCUT2D eigenvalue weighted by Gasteiger charge is 2.28. The highest BCUT2D eigenvalue weighted by atomic mass is 16.5. The molecule has 0 radical (unpaired) electrons. The summed E-state index contributed by atoms with van der Waals surface area (Å²) in [7, 11) is 1.75. The van der Waals surface area contributed by atoms with Crippen molar-refractivity contribution in [2.75, 3.05) is 7.11 Å². The van der Waals surface area contributed by atoms with E-state index in [1.165, 1.54) is 0 Å². The minimum Gasteiger partial charge on any atom is -0.387 e. The molecule has 0 spiro atoms. The minimum absolute atomic E-state index is 0.424. The quantitative estimate of drug-likeness (QED) is 0.511. The van der Waals surface area contributed by atoms with Gasteiger partial charge in [0, 0.05) is 13.5 Å². The van der Waals surface area contributed by atoms with Gasteiger partial charge in [0.25, 0.3) is 0 Å². The maximum atomic E-state index is 5.69. The van der Waals surface area contributed by atoms with E-state index in [-0.39, 0.29) is 0 Å². The fraction of sp³-hybridized carbons (Fsp3) is 0.889. The second-order valence-corrected chi connectivity index (χ2v) is 3.35. The predicted molar refractivity (Wildman–Crippen MR) is 50.3 cm³/mol. The van der Waals surface area contributed by atoms with Crippen molar-refractivity contribution in [2.24, 2.45) is 10.7 Å². The van der Waals surface area contributed by atoms with Crippen molar-refractivity contribution < 1.29 is 4.74 Å². The standard InChI is InChI=1S/C9H18N2O/c1-3-4-9(10)11-7-5-8(6-7)12-2/h7-8H,3-6H2,1-2H3,(H2,10,11). The van der Waals surface area contributed by atoms with Crippen LogP contribution in [0.2, 0.25) is 0 Å². The first-order chi connectivity index (χ1) is 5.76. The molecule has 0 heterocycles. The molecule has 1 aliphatic carbocycles. The molecule has 3 heteroatoms. The van der Waals surface area contributed by atoms with Crippen molar-refractivity contribution >= 4 is 5.84 Å². The molecule has 0 atom stereocenters. The summed E-state index contributed by atoms with van der Waals surface area (Å²) in [6.45, 7) is 2.11. The van der Waals surface area contributed by atoms with E-state index in [9.17, 15) is 0 Å². The van der Waals surface area contributed by atoms with Crippen LogP contribution in [0.5, 0.6) is 0 Å². The molecule has 70 valence electrons. The van der Waals surface area contributed by atoms with Gasteiger partial charge < -0.3 is 10.5 Å². The Kier molecular flexibility index (Phi) is 3.53. The molecule has 3 nitrogen and oxygen atoms in total. The van der Waals surface area contributed by atoms with Crippen LogP contribution >= 0.6 is 0 Å². The molecule has 1 rings (SSSR count). The third-order valence-electron chi connectivity index (χ3n) is 2.26. The molecule has 0 unspecified atom stereocenters. The molecule has 0 amide bonds. The van der Waals surface area contributed by atoms with Crippen LogP contribution in [-0.2, 0) is 4.74 Å². The smallest absolute Gasteiger partial charge is 0.0940 e. The Hall–Kier alpha value is -0.570. The molecule has 0 aromatic rings. The lowest BCUT2D eigenvalue weighted by Gasteiger charge is -2.31. The number of nitrogens with zero attached hydrogens (tertiary/aromatic N) is 1. The van der Waals surface area contributed by atoms with Crippen LogP contribution in [0.3, 0.4) is 0 Å². The molecule has 0 bridgehead atoms. The summed E-state index contributed by atoms with van der Waals surface area (Å²) in [5.41, 5.74) is 5.69. The van der Waals surface area contributed by atoms with Gasteiger partial charge in [-0.15, -0.1) is 0 Å². The summed E-state index contributed by atoms with van der Waals surface area (Å²) in [6, 6.07) is 0.432. The van der Waals surface area contributed by atoms with Crippen molar-refractivity contribution in [1.82, 2.24) is 0 Å². The normalized spacial score (nSPS) is 30.0. The maximum absolute atomic E-state index is 5.69. The summed E-state index contributed by atoms with van der Waals surface area (Å²) in [5, 5.41) is 0. The highest BCUT2D eigenvalue weighted by molar-refractivity contribution is 5.80. The van der Waals surface area contributed by atoms with E-state index in [0.717, 1.165) is 31.5 Å². The monoisotopic (exact) mass is 170 g/mol. The Morgan fingerprint density at radius 1 is 1.58 bits per heavy atom. The molecule has 0 aromatic carbocycles. The van der Waals surface area contributed by atoms with Crippen LogP contribution < -0.4 is 5.73 Å². The summed E-state index contributed by atoms with van der Waals surface area (Å²) in [6.07, 6.45) is 4.51. The molecule has 0 aromatic heterocycles. The second kappa shape index (κ2) is 4.45. The number of aliphatic imine (C=N–C) groups is 1. The molecule has 1 saturated carbocycles. The number of ether oxygens (including phenoxy) is 1. The van der Waals surface area contributed by atoms with Gasteiger partial charge in [-0.1, -0.05) is 6.92 Å². The van der Waals surface area contributed by atoms with Gasteiger partial charge in [-0.25, -0.2) is 0 Å². The Balaban J connectivity index is 2.20. The van der Waals surface area contributed by atoms with Gasteiger partial charge in [-0.2, -0.15) is 0 Å². The van der Waals surface area contributed by atoms with E-state index in [2.05, 4.69) is 11.9 Å². The molecule has 12 heavy (non-hydrogen) atoms. The summed E-state index contributed by atoms with van der Waals surface area (Å²) < 4.78 is 5.15. The van der Waals surface area contributed by atoms with Crippen LogP contribution in [0.25, 0.3) is 0 Å². The van der Waals surface area contributed by atoms with Gasteiger partial charge in [-0.3, -0.25) is 4.99 Å². The van der Waals surface area contributed by atoms with E-state index in [1.807, 2.05) is 0 Å². The van der Waals surface area contributed by atoms with Gasteiger partial charge in [0.05, 0.1) is 18.0 Å². The van der Waals surface area contributed by atoms with Crippen molar-refractivity contribution in [1.29, 1.82) is 0 Å². The molecule has 0 saturated heterocycles. The fourth-order valence-corrected chi connectivity index (χ4v) is 1.39. The zero-order valence-corrected chi connectivity index (χ0v) is 7.92. The SMILES string of the molecule is CCCC(N)=NC1CC(OC)C1. The molecule has 0 aliphatic heterocycles. The largest absolute Gasteiger partial charge is 0.387 e. The average molecular weight is 170 g/mol. The van der Waals surface area contributed by atoms with Gasteiger partial charge in [-0.05, 0) is 19.3 Å². The summed E-state index contributed by atoms with van der Waals surface area (Å²) >= 11 is 0. The molecule has 2 N–H and O–H groups in total. The molecular formula is C9H18N2O. The third-order valence-corrected chi connectivity index (χ3v) is 2.26. The highest BCUT2D eigenvalue weighted by Crippen LogP contribution is 2.25. The van der Waals surface area contributed by atoms with Gasteiger partial charge in [0.1, 0.15) is 0 Å². The molecular weight excluding hydrogens is 152 g/mol. The van der Waals surface area contributed by atoms with Gasteiger partial charge in [0.15, 0.2) is 0 Å². The minimum atomic E-state index is 0.424. The summed E-state index contributed by atoms with van der Waals surface area (Å²) in [5.74, 6) is 0.803. The van der Waals surface area contributed by atoms with Gasteiger partial charge >= 0.3 is 0 Å². The predicted octanol–water partition coefficient (Wildman–Crippen LogP) is 1.32. The van der Waals surface area contributed by atoms with E-state index in [1.54, 1.807) is 7.11 Å². The molecule has 1 fully saturated rings. The van der Waals surface area contributed by atoms with Crippen molar-refractivity contribution in [3.05, 3.63) is 0 Å². The lowest BCUT2D eigenvalue weighted by atomic mass is 9.90. The Labute approximate surface area is 74.0 Å². The zero-order valence-electron chi connectivity index (χ0n) is 7.92. The zero-order chi connectivity index (χ0) is 8.97. The topological polar surface area (TPSA) is 47.6 Å². The number of hydrogen-bond acceptors (Lipinski definition) is 2. The first-order valence-corrected chi connectivity index (χ1v) is 4.61. The van der Waals surface area contributed by atoms with Crippen LogP contribution in [0.15, 0.2) is 4.99 Å². The average Bonchev–Trinajstić information content (AvgIpc) is 1.96. The van der Waals surface area contributed by atoms with Crippen molar-refractivity contribution in [2.45, 2.75) is 44.8 Å². The number of amidine groups is 1. The number of rotatable bonds is 4. The molecule has 1 aliphatic rings. The first kappa shape index (κ1) is 9.52. The van der Waals surface area contributed by atoms with Gasteiger partial charge in [0.2, 0.25) is 0 Å². The second-order valence-electron chi connectivity index (χ2n) is 3.35. The number of methoxy groups -OCH3 is 1. The van der Waals surface area contributed by atoms with Crippen LogP contribution in [0.4, 0.5) is 0 Å². The van der Waals surface area contributed by atoms with E-state index in [4.69, 9.17) is 10.5 Å². The van der Waals surface area contributed by atoms with E-state index in [0.29, 0.717) is 12.1 Å². The van der Waals surface area contributed by atoms with Crippen LogP contribution in [-0.4, -0.2) is 25.1 Å². The van der Waals surface area contributed by atoms with Crippen LogP contribution in [0.1, 0.15) is 32.6 Å². The van der Waals surface area contributed by atoms with E-state index < -0.39 is 0 Å².